The molecule has 0 saturated heterocycles. The van der Waals surface area contributed by atoms with Gasteiger partial charge in [-0.05, 0) is 38.0 Å². The highest BCUT2D eigenvalue weighted by Crippen LogP contribution is 2.37. The molecule has 0 spiro atoms. The van der Waals surface area contributed by atoms with Gasteiger partial charge in [-0.3, -0.25) is 0 Å². The average molecular weight is 298 g/mol. The highest BCUT2D eigenvalue weighted by atomic mass is 28.4. The van der Waals surface area contributed by atoms with E-state index in [2.05, 4.69) is 33.9 Å². The molecule has 0 aliphatic carbocycles. The molecule has 0 N–H and O–H groups in total. The van der Waals surface area contributed by atoms with Crippen LogP contribution < -0.4 is 0 Å². The van der Waals surface area contributed by atoms with Crippen LogP contribution in [-0.2, 0) is 15.8 Å². The van der Waals surface area contributed by atoms with E-state index in [1.165, 1.54) is 0 Å². The summed E-state index contributed by atoms with van der Waals surface area (Å²) in [5, 5.41) is 0.151. The van der Waals surface area contributed by atoms with Crippen LogP contribution in [-0.4, -0.2) is 20.9 Å². The Morgan fingerprint density at radius 2 is 1.95 bits per heavy atom. The van der Waals surface area contributed by atoms with E-state index in [-0.39, 0.29) is 11.0 Å². The number of hydrogen-bond donors (Lipinski definition) is 0. The van der Waals surface area contributed by atoms with Gasteiger partial charge < -0.3 is 13.6 Å². The number of aryl methyl sites for hydroxylation is 1. The third-order valence-corrected chi connectivity index (χ3v) is 8.32. The van der Waals surface area contributed by atoms with Crippen molar-refractivity contribution in [2.45, 2.75) is 59.4 Å². The van der Waals surface area contributed by atoms with Crippen LogP contribution in [0.2, 0.25) is 18.1 Å². The van der Waals surface area contributed by atoms with Gasteiger partial charge >= 0.3 is 5.97 Å². The lowest BCUT2D eigenvalue weighted by Crippen LogP contribution is -2.40. The van der Waals surface area contributed by atoms with Crippen molar-refractivity contribution in [3.63, 3.8) is 0 Å². The predicted octanol–water partition coefficient (Wildman–Crippen LogP) is 4.29. The molecular weight excluding hydrogens is 272 g/mol. The first-order valence-corrected chi connectivity index (χ1v) is 9.89. The van der Waals surface area contributed by atoms with Crippen molar-refractivity contribution >= 4 is 14.3 Å². The molecule has 1 aromatic heterocycles. The predicted molar refractivity (Wildman–Crippen MR) is 81.4 cm³/mol. The van der Waals surface area contributed by atoms with E-state index in [4.69, 9.17) is 13.6 Å². The summed E-state index contributed by atoms with van der Waals surface area (Å²) in [4.78, 5) is 11.7. The Labute approximate surface area is 122 Å². The first-order chi connectivity index (χ1) is 9.08. The van der Waals surface area contributed by atoms with E-state index in [1.807, 2.05) is 0 Å². The Kier molecular flexibility index (Phi) is 5.21. The number of furan rings is 1. The lowest BCUT2D eigenvalue weighted by Gasteiger charge is -2.35. The van der Waals surface area contributed by atoms with Crippen molar-refractivity contribution < 1.29 is 18.4 Å². The summed E-state index contributed by atoms with van der Waals surface area (Å²) in [5.74, 6) is 0.917. The minimum absolute atomic E-state index is 0.151. The van der Waals surface area contributed by atoms with Crippen LogP contribution in [0.5, 0.6) is 0 Å². The summed E-state index contributed by atoms with van der Waals surface area (Å²) in [6.07, 6.45) is 0. The van der Waals surface area contributed by atoms with Crippen molar-refractivity contribution in [2.75, 3.05) is 6.61 Å². The van der Waals surface area contributed by atoms with Crippen LogP contribution in [0.15, 0.2) is 10.5 Å². The van der Waals surface area contributed by atoms with E-state index >= 15 is 0 Å². The summed E-state index contributed by atoms with van der Waals surface area (Å²) in [6, 6.07) is 1.72. The molecule has 0 amide bonds. The quantitative estimate of drug-likeness (QED) is 0.601. The summed E-state index contributed by atoms with van der Waals surface area (Å²) >= 11 is 0. The van der Waals surface area contributed by atoms with Crippen molar-refractivity contribution in [2.24, 2.45) is 0 Å². The molecule has 0 aliphatic rings. The number of esters is 1. The van der Waals surface area contributed by atoms with Gasteiger partial charge in [0.1, 0.15) is 17.1 Å². The van der Waals surface area contributed by atoms with Crippen LogP contribution in [0, 0.1) is 6.92 Å². The molecule has 4 nitrogen and oxygen atoms in total. The Morgan fingerprint density at radius 1 is 1.35 bits per heavy atom. The van der Waals surface area contributed by atoms with Crippen LogP contribution in [0.25, 0.3) is 0 Å². The van der Waals surface area contributed by atoms with E-state index in [0.29, 0.717) is 30.3 Å². The van der Waals surface area contributed by atoms with Crippen molar-refractivity contribution in [1.29, 1.82) is 0 Å². The van der Waals surface area contributed by atoms with Crippen molar-refractivity contribution in [1.82, 2.24) is 0 Å². The topological polar surface area (TPSA) is 48.7 Å². The van der Waals surface area contributed by atoms with Gasteiger partial charge in [0.2, 0.25) is 0 Å². The van der Waals surface area contributed by atoms with Gasteiger partial charge in [0.15, 0.2) is 8.32 Å². The number of rotatable bonds is 5. The summed E-state index contributed by atoms with van der Waals surface area (Å²) in [7, 11) is -1.81. The molecule has 0 radical (unpaired) electrons. The van der Waals surface area contributed by atoms with Gasteiger partial charge in [-0.25, -0.2) is 4.79 Å². The fraction of sp³-hybridized carbons (Fsp3) is 0.667. The number of carbonyl (C=O) groups is 1. The zero-order valence-electron chi connectivity index (χ0n) is 13.6. The largest absolute Gasteiger partial charge is 0.463 e. The zero-order chi connectivity index (χ0) is 15.6. The second-order valence-electron chi connectivity index (χ2n) is 6.45. The molecule has 0 aromatic carbocycles. The molecule has 0 bridgehead atoms. The maximum atomic E-state index is 11.7. The van der Waals surface area contributed by atoms with Gasteiger partial charge in [-0.15, -0.1) is 0 Å². The van der Waals surface area contributed by atoms with E-state index in [1.54, 1.807) is 19.9 Å². The second kappa shape index (κ2) is 6.14. The molecule has 1 heterocycles. The monoisotopic (exact) mass is 298 g/mol. The summed E-state index contributed by atoms with van der Waals surface area (Å²) in [5.41, 5.74) is 0.487. The Morgan fingerprint density at radius 3 is 2.45 bits per heavy atom. The number of carbonyl (C=O) groups excluding carboxylic acids is 1. The number of hydrogen-bond acceptors (Lipinski definition) is 4. The Hall–Kier alpha value is -1.07. The minimum Gasteiger partial charge on any atom is -0.463 e. The Balaban J connectivity index is 2.76. The molecule has 1 rings (SSSR count). The highest BCUT2D eigenvalue weighted by molar-refractivity contribution is 6.74. The van der Waals surface area contributed by atoms with Crippen LogP contribution >= 0.6 is 0 Å². The first kappa shape index (κ1) is 17.0. The molecule has 114 valence electrons. The lowest BCUT2D eigenvalue weighted by atomic mass is 10.2. The molecule has 1 aromatic rings. The summed E-state index contributed by atoms with van der Waals surface area (Å²) in [6.45, 7) is 15.3. The fourth-order valence-electron chi connectivity index (χ4n) is 1.49. The highest BCUT2D eigenvalue weighted by Gasteiger charge is 2.37. The van der Waals surface area contributed by atoms with E-state index in [9.17, 15) is 4.79 Å². The summed E-state index contributed by atoms with van der Waals surface area (Å²) < 4.78 is 16.7. The zero-order valence-corrected chi connectivity index (χ0v) is 14.6. The lowest BCUT2D eigenvalue weighted by molar-refractivity contribution is 0.0524. The van der Waals surface area contributed by atoms with Crippen molar-refractivity contribution in [3.8, 4) is 0 Å². The minimum atomic E-state index is -1.81. The Bertz CT molecular complexity index is 469. The van der Waals surface area contributed by atoms with Crippen LogP contribution in [0.3, 0.4) is 0 Å². The molecule has 0 saturated carbocycles. The third-order valence-electron chi connectivity index (χ3n) is 3.85. The van der Waals surface area contributed by atoms with Gasteiger partial charge in [0.25, 0.3) is 0 Å². The SMILES string of the molecule is CCOC(=O)c1cc(CO[Si](C)(C)C(C)(C)C)oc1C. The average Bonchev–Trinajstić information content (AvgIpc) is 2.67. The molecule has 5 heteroatoms. The maximum absolute atomic E-state index is 11.7. The molecule has 0 aliphatic heterocycles. The van der Waals surface area contributed by atoms with Gasteiger partial charge in [-0.2, -0.15) is 0 Å². The van der Waals surface area contributed by atoms with Crippen LogP contribution in [0.4, 0.5) is 0 Å². The normalized spacial score (nSPS) is 12.6. The van der Waals surface area contributed by atoms with Gasteiger partial charge in [0.05, 0.1) is 13.2 Å². The second-order valence-corrected chi connectivity index (χ2v) is 11.3. The van der Waals surface area contributed by atoms with E-state index in [0.717, 1.165) is 0 Å². The standard InChI is InChI=1S/C15H26O4Si/c1-8-17-14(16)13-9-12(19-11(13)2)10-18-20(6,7)15(3,4)5/h9H,8,10H2,1-7H3. The molecule has 20 heavy (non-hydrogen) atoms. The fourth-order valence-corrected chi connectivity index (χ4v) is 2.43. The smallest absolute Gasteiger partial charge is 0.341 e. The van der Waals surface area contributed by atoms with Gasteiger partial charge in [-0.1, -0.05) is 20.8 Å². The third kappa shape index (κ3) is 3.96. The first-order valence-electron chi connectivity index (χ1n) is 6.99. The van der Waals surface area contributed by atoms with Crippen molar-refractivity contribution in [3.05, 3.63) is 23.2 Å². The molecule has 0 unspecified atom stereocenters. The van der Waals surface area contributed by atoms with Gasteiger partial charge in [0, 0.05) is 0 Å². The molecular formula is C15H26O4Si. The number of ether oxygens (including phenoxy) is 1. The van der Waals surface area contributed by atoms with Crippen LogP contribution in [0.1, 0.15) is 49.6 Å². The maximum Gasteiger partial charge on any atom is 0.341 e. The molecule has 0 fully saturated rings. The molecule has 0 atom stereocenters. The van der Waals surface area contributed by atoms with E-state index < -0.39 is 8.32 Å².